The maximum Gasteiger partial charge on any atom is 0.224 e. The monoisotopic (exact) mass is 529 g/mol. The molecule has 1 heterocycles. The highest BCUT2D eigenvalue weighted by Crippen LogP contribution is 2.27. The summed E-state index contributed by atoms with van der Waals surface area (Å²) in [6.07, 6.45) is 3.87. The van der Waals surface area contributed by atoms with Crippen LogP contribution in [-0.4, -0.2) is 42.8 Å². The van der Waals surface area contributed by atoms with E-state index in [4.69, 9.17) is 19.2 Å². The summed E-state index contributed by atoms with van der Waals surface area (Å²) in [6.45, 7) is 6.35. The van der Waals surface area contributed by atoms with Crippen LogP contribution >= 0.6 is 0 Å². The number of imidazole rings is 1. The van der Waals surface area contributed by atoms with Gasteiger partial charge < -0.3 is 24.1 Å². The van der Waals surface area contributed by atoms with Gasteiger partial charge in [-0.3, -0.25) is 4.79 Å². The zero-order chi connectivity index (χ0) is 27.6. The third kappa shape index (κ3) is 7.31. The van der Waals surface area contributed by atoms with Crippen LogP contribution in [0.25, 0.3) is 11.0 Å². The van der Waals surface area contributed by atoms with Gasteiger partial charge in [0.15, 0.2) is 11.5 Å². The number of nitrogens with zero attached hydrogens (tertiary/aromatic N) is 2. The number of rotatable bonds is 14. The Morgan fingerprint density at radius 2 is 1.67 bits per heavy atom. The molecular weight excluding hydrogens is 490 g/mol. The van der Waals surface area contributed by atoms with Crippen LogP contribution in [0.15, 0.2) is 60.7 Å². The van der Waals surface area contributed by atoms with Gasteiger partial charge in [-0.05, 0) is 74.1 Å². The molecule has 0 saturated carbocycles. The molecule has 0 radical (unpaired) electrons. The summed E-state index contributed by atoms with van der Waals surface area (Å²) < 4.78 is 19.0. The fraction of sp³-hybridized carbons (Fsp3) is 0.375. The van der Waals surface area contributed by atoms with Gasteiger partial charge in [-0.2, -0.15) is 0 Å². The van der Waals surface area contributed by atoms with Gasteiger partial charge in [0.05, 0.1) is 38.3 Å². The van der Waals surface area contributed by atoms with Crippen molar-refractivity contribution in [3.8, 4) is 17.2 Å². The molecule has 3 aromatic carbocycles. The maximum atomic E-state index is 12.5. The van der Waals surface area contributed by atoms with Crippen LogP contribution in [0, 0.1) is 13.8 Å². The van der Waals surface area contributed by atoms with E-state index in [1.165, 1.54) is 11.1 Å². The Balaban J connectivity index is 1.27. The van der Waals surface area contributed by atoms with E-state index in [0.29, 0.717) is 31.1 Å². The minimum Gasteiger partial charge on any atom is -0.493 e. The molecule has 0 aliphatic carbocycles. The number of benzene rings is 3. The molecule has 1 aromatic heterocycles. The van der Waals surface area contributed by atoms with Crippen molar-refractivity contribution >= 4 is 16.9 Å². The van der Waals surface area contributed by atoms with E-state index in [1.54, 1.807) is 14.2 Å². The van der Waals surface area contributed by atoms with Gasteiger partial charge in [0.1, 0.15) is 11.6 Å². The molecule has 1 N–H and O–H groups in total. The Morgan fingerprint density at radius 3 is 2.44 bits per heavy atom. The highest BCUT2D eigenvalue weighted by Gasteiger charge is 2.12. The third-order valence-electron chi connectivity index (χ3n) is 6.88. The molecule has 39 heavy (non-hydrogen) atoms. The molecule has 0 saturated heterocycles. The first kappa shape index (κ1) is 28.0. The first-order chi connectivity index (χ1) is 19.0. The van der Waals surface area contributed by atoms with Crippen LogP contribution < -0.4 is 19.5 Å². The Morgan fingerprint density at radius 1 is 0.897 bits per heavy atom. The molecule has 0 unspecified atom stereocenters. The number of unbranched alkanes of at least 4 members (excludes halogenated alkanes) is 1. The smallest absolute Gasteiger partial charge is 0.224 e. The zero-order valence-corrected chi connectivity index (χ0v) is 23.5. The van der Waals surface area contributed by atoms with Gasteiger partial charge in [0.2, 0.25) is 5.91 Å². The number of aryl methyl sites for hydroxylation is 4. The second kappa shape index (κ2) is 13.7. The molecule has 1 amide bonds. The van der Waals surface area contributed by atoms with Gasteiger partial charge in [0.25, 0.3) is 0 Å². The summed E-state index contributed by atoms with van der Waals surface area (Å²) in [7, 11) is 3.19. The van der Waals surface area contributed by atoms with E-state index in [2.05, 4.69) is 60.1 Å². The van der Waals surface area contributed by atoms with Crippen molar-refractivity contribution in [3.63, 3.8) is 0 Å². The van der Waals surface area contributed by atoms with Gasteiger partial charge in [-0.15, -0.1) is 0 Å². The van der Waals surface area contributed by atoms with Crippen molar-refractivity contribution in [2.45, 2.75) is 52.5 Å². The van der Waals surface area contributed by atoms with Gasteiger partial charge in [0, 0.05) is 19.5 Å². The van der Waals surface area contributed by atoms with E-state index in [1.807, 2.05) is 24.3 Å². The number of aromatic nitrogens is 2. The number of hydrogen-bond acceptors (Lipinski definition) is 5. The van der Waals surface area contributed by atoms with Crippen LogP contribution in [0.3, 0.4) is 0 Å². The molecule has 0 aliphatic heterocycles. The molecule has 0 fully saturated rings. The van der Waals surface area contributed by atoms with Crippen LogP contribution in [0.2, 0.25) is 0 Å². The molecule has 0 spiro atoms. The number of amides is 1. The van der Waals surface area contributed by atoms with E-state index in [9.17, 15) is 4.79 Å². The standard InChI is InChI=1S/C32H39N3O4/c1-23-11-9-12-24(2)32(23)39-20-8-7-19-35-27-14-6-5-13-26(27)34-30(35)15-10-18-33-31(36)22-25-16-17-28(37-3)29(21-25)38-4/h5-6,9,11-14,16-17,21H,7-8,10,15,18-20,22H2,1-4H3,(H,33,36). The van der Waals surface area contributed by atoms with E-state index in [-0.39, 0.29) is 5.91 Å². The van der Waals surface area contributed by atoms with Gasteiger partial charge >= 0.3 is 0 Å². The topological polar surface area (TPSA) is 74.6 Å². The van der Waals surface area contributed by atoms with Crippen molar-refractivity contribution in [1.29, 1.82) is 0 Å². The van der Waals surface area contributed by atoms with Crippen molar-refractivity contribution in [2.75, 3.05) is 27.4 Å². The summed E-state index contributed by atoms with van der Waals surface area (Å²) >= 11 is 0. The number of ether oxygens (including phenoxy) is 3. The number of nitrogens with one attached hydrogen (secondary N) is 1. The molecule has 4 aromatic rings. The molecule has 0 atom stereocenters. The lowest BCUT2D eigenvalue weighted by Gasteiger charge is -2.13. The summed E-state index contributed by atoms with van der Waals surface area (Å²) in [5.74, 6) is 3.32. The Bertz CT molecular complexity index is 1380. The van der Waals surface area contributed by atoms with Crippen molar-refractivity contribution < 1.29 is 19.0 Å². The minimum absolute atomic E-state index is 0.0142. The average molecular weight is 530 g/mol. The lowest BCUT2D eigenvalue weighted by molar-refractivity contribution is -0.120. The van der Waals surface area contributed by atoms with E-state index < -0.39 is 0 Å². The zero-order valence-electron chi connectivity index (χ0n) is 23.5. The highest BCUT2D eigenvalue weighted by atomic mass is 16.5. The normalized spacial score (nSPS) is 11.0. The van der Waals surface area contributed by atoms with Crippen LogP contribution in [0.5, 0.6) is 17.2 Å². The first-order valence-corrected chi connectivity index (χ1v) is 13.6. The summed E-state index contributed by atoms with van der Waals surface area (Å²) in [6, 6.07) is 20.1. The number of hydrogen-bond donors (Lipinski definition) is 1. The predicted octanol–water partition coefficient (Wildman–Crippen LogP) is 5.82. The largest absolute Gasteiger partial charge is 0.493 e. The van der Waals surface area contributed by atoms with Gasteiger partial charge in [-0.1, -0.05) is 36.4 Å². The summed E-state index contributed by atoms with van der Waals surface area (Å²) in [4.78, 5) is 17.4. The minimum atomic E-state index is -0.0142. The summed E-state index contributed by atoms with van der Waals surface area (Å²) in [5.41, 5.74) is 5.40. The third-order valence-corrected chi connectivity index (χ3v) is 6.88. The number of carbonyl (C=O) groups is 1. The van der Waals surface area contributed by atoms with Gasteiger partial charge in [-0.25, -0.2) is 4.98 Å². The van der Waals surface area contributed by atoms with Crippen molar-refractivity contribution in [2.24, 2.45) is 0 Å². The SMILES string of the molecule is COc1ccc(CC(=O)NCCCc2nc3ccccc3n2CCCCOc2c(C)cccc2C)cc1OC. The van der Waals surface area contributed by atoms with E-state index in [0.717, 1.165) is 60.4 Å². The fourth-order valence-corrected chi connectivity index (χ4v) is 4.85. The van der Waals surface area contributed by atoms with Crippen LogP contribution in [-0.2, 0) is 24.2 Å². The lowest BCUT2D eigenvalue weighted by atomic mass is 10.1. The Kier molecular flexibility index (Phi) is 9.84. The number of carbonyl (C=O) groups excluding carboxylic acids is 1. The highest BCUT2D eigenvalue weighted by molar-refractivity contribution is 5.79. The second-order valence-electron chi connectivity index (χ2n) is 9.76. The Labute approximate surface area is 231 Å². The Hall–Kier alpha value is -4.00. The fourth-order valence-electron chi connectivity index (χ4n) is 4.85. The number of fused-ring (bicyclic) bond motifs is 1. The van der Waals surface area contributed by atoms with Crippen molar-refractivity contribution in [1.82, 2.24) is 14.9 Å². The lowest BCUT2D eigenvalue weighted by Crippen LogP contribution is -2.26. The van der Waals surface area contributed by atoms with Crippen LogP contribution in [0.1, 0.15) is 41.8 Å². The maximum absolute atomic E-state index is 12.5. The molecule has 7 nitrogen and oxygen atoms in total. The quantitative estimate of drug-likeness (QED) is 0.208. The van der Waals surface area contributed by atoms with Crippen LogP contribution in [0.4, 0.5) is 0 Å². The number of para-hydroxylation sites is 3. The second-order valence-corrected chi connectivity index (χ2v) is 9.76. The molecule has 4 rings (SSSR count). The average Bonchev–Trinajstić information content (AvgIpc) is 3.29. The predicted molar refractivity (Wildman–Crippen MR) is 155 cm³/mol. The first-order valence-electron chi connectivity index (χ1n) is 13.6. The van der Waals surface area contributed by atoms with Crippen molar-refractivity contribution in [3.05, 3.63) is 83.2 Å². The summed E-state index contributed by atoms with van der Waals surface area (Å²) in [5, 5.41) is 3.04. The molecule has 0 aliphatic rings. The number of methoxy groups -OCH3 is 2. The molecule has 206 valence electrons. The molecular formula is C32H39N3O4. The van der Waals surface area contributed by atoms with E-state index >= 15 is 0 Å². The molecule has 0 bridgehead atoms. The molecule has 7 heteroatoms.